The minimum Gasteiger partial charge on any atom is -0.319 e. The molecule has 0 radical (unpaired) electrons. The van der Waals surface area contributed by atoms with E-state index in [-0.39, 0.29) is 22.6 Å². The summed E-state index contributed by atoms with van der Waals surface area (Å²) in [6.45, 7) is 7.17. The standard InChI is InChI=1S/C30H40N4O2/c1-18-16-20-21-11-10-19(17-25(35)32-28-31-23-8-6-7-9-24(23)33(28)4)29(21,2)14-12-22(20)30(3)15-13-26(36)34(5)27(18)30/h6-9,19-22H,10-17H2,1-5H3,(H,31,32,35)/t19-,20?,21+,22?,29-,30-/m1/s1. The minimum absolute atomic E-state index is 0.0868. The highest BCUT2D eigenvalue weighted by Crippen LogP contribution is 2.67. The van der Waals surface area contributed by atoms with E-state index in [2.05, 4.69) is 31.1 Å². The van der Waals surface area contributed by atoms with Crippen molar-refractivity contribution < 1.29 is 9.59 Å². The fourth-order valence-electron chi connectivity index (χ4n) is 9.21. The van der Waals surface area contributed by atoms with E-state index in [0.29, 0.717) is 42.5 Å². The first kappa shape index (κ1) is 23.7. The van der Waals surface area contributed by atoms with Crippen LogP contribution in [0.25, 0.3) is 11.0 Å². The molecule has 2 aromatic rings. The van der Waals surface area contributed by atoms with Crippen LogP contribution < -0.4 is 5.32 Å². The first-order chi connectivity index (χ1) is 17.1. The number of imidazole rings is 1. The minimum atomic E-state index is 0.0868. The molecule has 36 heavy (non-hydrogen) atoms. The number of likely N-dealkylation sites (tertiary alicyclic amines) is 1. The summed E-state index contributed by atoms with van der Waals surface area (Å²) in [5.74, 6) is 3.35. The average Bonchev–Trinajstić information content (AvgIpc) is 3.33. The van der Waals surface area contributed by atoms with Crippen LogP contribution in [0.4, 0.5) is 5.95 Å². The van der Waals surface area contributed by atoms with Crippen molar-refractivity contribution in [2.75, 3.05) is 12.4 Å². The van der Waals surface area contributed by atoms with Gasteiger partial charge in [0, 0.05) is 38.0 Å². The Morgan fingerprint density at radius 3 is 2.67 bits per heavy atom. The molecule has 0 bridgehead atoms. The van der Waals surface area contributed by atoms with Gasteiger partial charge in [0.05, 0.1) is 11.0 Å². The number of anilines is 1. The summed E-state index contributed by atoms with van der Waals surface area (Å²) in [7, 11) is 3.95. The quantitative estimate of drug-likeness (QED) is 0.585. The Morgan fingerprint density at radius 1 is 1.11 bits per heavy atom. The second kappa shape index (κ2) is 8.19. The molecule has 6 atom stereocenters. The van der Waals surface area contributed by atoms with Crippen LogP contribution in [0.15, 0.2) is 35.5 Å². The number of hydrogen-bond acceptors (Lipinski definition) is 3. The van der Waals surface area contributed by atoms with Crippen LogP contribution in [-0.2, 0) is 16.6 Å². The highest BCUT2D eigenvalue weighted by atomic mass is 16.2. The second-order valence-corrected chi connectivity index (χ2v) is 12.6. The third kappa shape index (κ3) is 3.32. The fraction of sp³-hybridized carbons (Fsp3) is 0.633. The zero-order valence-electron chi connectivity index (χ0n) is 22.4. The zero-order chi connectivity index (χ0) is 25.4. The van der Waals surface area contributed by atoms with E-state index >= 15 is 0 Å². The molecule has 0 spiro atoms. The topological polar surface area (TPSA) is 67.2 Å². The van der Waals surface area contributed by atoms with Gasteiger partial charge in [0.15, 0.2) is 0 Å². The molecule has 6 rings (SSSR count). The number of para-hydroxylation sites is 2. The zero-order valence-corrected chi connectivity index (χ0v) is 22.4. The number of nitrogens with one attached hydrogen (secondary N) is 1. The van der Waals surface area contributed by atoms with Crippen molar-refractivity contribution in [2.45, 2.75) is 72.1 Å². The van der Waals surface area contributed by atoms with Crippen molar-refractivity contribution in [3.63, 3.8) is 0 Å². The molecule has 2 heterocycles. The van der Waals surface area contributed by atoms with Crippen LogP contribution in [0.3, 0.4) is 0 Å². The number of aryl methyl sites for hydroxylation is 1. The third-order valence-corrected chi connectivity index (χ3v) is 11.0. The number of aromatic nitrogens is 2. The largest absolute Gasteiger partial charge is 0.319 e. The maximum Gasteiger partial charge on any atom is 0.226 e. The normalized spacial score (nSPS) is 36.0. The lowest BCUT2D eigenvalue weighted by Gasteiger charge is -2.59. The van der Waals surface area contributed by atoms with Crippen molar-refractivity contribution in [2.24, 2.45) is 41.5 Å². The van der Waals surface area contributed by atoms with Gasteiger partial charge >= 0.3 is 0 Å². The fourth-order valence-corrected chi connectivity index (χ4v) is 9.21. The molecular weight excluding hydrogens is 448 g/mol. The molecule has 2 amide bonds. The van der Waals surface area contributed by atoms with Gasteiger partial charge in [-0.1, -0.05) is 31.6 Å². The van der Waals surface area contributed by atoms with Crippen LogP contribution in [0.1, 0.15) is 72.1 Å². The van der Waals surface area contributed by atoms with Gasteiger partial charge in [-0.3, -0.25) is 14.9 Å². The summed E-state index contributed by atoms with van der Waals surface area (Å²) >= 11 is 0. The van der Waals surface area contributed by atoms with Crippen LogP contribution in [0, 0.1) is 34.5 Å². The van der Waals surface area contributed by atoms with Crippen molar-refractivity contribution in [3.8, 4) is 0 Å². The van der Waals surface area contributed by atoms with Gasteiger partial charge in [-0.25, -0.2) is 4.98 Å². The van der Waals surface area contributed by atoms with Gasteiger partial charge < -0.3 is 9.47 Å². The molecule has 3 fully saturated rings. The summed E-state index contributed by atoms with van der Waals surface area (Å²) in [6.07, 6.45) is 8.06. The lowest BCUT2D eigenvalue weighted by Crippen LogP contribution is -2.54. The monoisotopic (exact) mass is 488 g/mol. The van der Waals surface area contributed by atoms with E-state index < -0.39 is 0 Å². The van der Waals surface area contributed by atoms with Gasteiger partial charge in [-0.2, -0.15) is 0 Å². The molecule has 2 saturated carbocycles. The predicted molar refractivity (Wildman–Crippen MR) is 142 cm³/mol. The molecule has 1 aromatic carbocycles. The molecule has 6 heteroatoms. The van der Waals surface area contributed by atoms with E-state index in [1.807, 2.05) is 47.8 Å². The summed E-state index contributed by atoms with van der Waals surface area (Å²) in [5, 5.41) is 3.12. The second-order valence-electron chi connectivity index (χ2n) is 12.6. The number of rotatable bonds is 3. The Hall–Kier alpha value is -2.63. The maximum absolute atomic E-state index is 13.2. The average molecular weight is 489 g/mol. The van der Waals surface area contributed by atoms with Crippen molar-refractivity contribution in [3.05, 3.63) is 35.5 Å². The van der Waals surface area contributed by atoms with E-state index in [1.165, 1.54) is 30.5 Å². The Labute approximate surface area is 214 Å². The first-order valence-electron chi connectivity index (χ1n) is 13.8. The van der Waals surface area contributed by atoms with Gasteiger partial charge in [0.25, 0.3) is 0 Å². The number of piperidine rings is 1. The first-order valence-corrected chi connectivity index (χ1v) is 13.8. The molecule has 1 N–H and O–H groups in total. The SMILES string of the molecule is CC1=C2N(C)C(=O)CC[C@]2(C)C2CC[C@]3(C)[C@@H](CC(=O)Nc4nc5ccccc5n4C)CC[C@H]3C2C1. The third-order valence-electron chi connectivity index (χ3n) is 11.0. The lowest BCUT2D eigenvalue weighted by molar-refractivity contribution is -0.136. The number of carbonyl (C=O) groups is 2. The Bertz CT molecular complexity index is 1280. The molecule has 6 nitrogen and oxygen atoms in total. The van der Waals surface area contributed by atoms with Crippen LogP contribution >= 0.6 is 0 Å². The van der Waals surface area contributed by atoms with Gasteiger partial charge in [-0.05, 0) is 86.7 Å². The van der Waals surface area contributed by atoms with Crippen molar-refractivity contribution >= 4 is 28.8 Å². The van der Waals surface area contributed by atoms with Crippen molar-refractivity contribution in [1.82, 2.24) is 14.5 Å². The molecule has 4 aliphatic rings. The van der Waals surface area contributed by atoms with E-state index in [4.69, 9.17) is 0 Å². The Kier molecular flexibility index (Phi) is 5.40. The summed E-state index contributed by atoms with van der Waals surface area (Å²) in [6, 6.07) is 8.00. The van der Waals surface area contributed by atoms with Crippen molar-refractivity contribution in [1.29, 1.82) is 0 Å². The summed E-state index contributed by atoms with van der Waals surface area (Å²) in [5.41, 5.74) is 4.98. The highest BCUT2D eigenvalue weighted by molar-refractivity contribution is 5.91. The number of fused-ring (bicyclic) bond motifs is 6. The molecule has 3 aliphatic carbocycles. The number of allylic oxidation sites excluding steroid dienone is 2. The predicted octanol–water partition coefficient (Wildman–Crippen LogP) is 5.90. The Morgan fingerprint density at radius 2 is 1.89 bits per heavy atom. The lowest BCUT2D eigenvalue weighted by atomic mass is 9.48. The van der Waals surface area contributed by atoms with Crippen LogP contribution in [0.5, 0.6) is 0 Å². The van der Waals surface area contributed by atoms with Gasteiger partial charge in [0.1, 0.15) is 0 Å². The summed E-state index contributed by atoms with van der Waals surface area (Å²) in [4.78, 5) is 32.4. The van der Waals surface area contributed by atoms with Gasteiger partial charge in [0.2, 0.25) is 17.8 Å². The molecule has 192 valence electrons. The molecular formula is C30H40N4O2. The van der Waals surface area contributed by atoms with Crippen LogP contribution in [-0.4, -0.2) is 33.3 Å². The number of amides is 2. The molecule has 1 saturated heterocycles. The number of hydrogen-bond donors (Lipinski definition) is 1. The van der Waals surface area contributed by atoms with Crippen LogP contribution in [0.2, 0.25) is 0 Å². The van der Waals surface area contributed by atoms with E-state index in [1.54, 1.807) is 0 Å². The molecule has 1 aliphatic heterocycles. The van der Waals surface area contributed by atoms with Gasteiger partial charge in [-0.15, -0.1) is 0 Å². The highest BCUT2D eigenvalue weighted by Gasteiger charge is 2.60. The number of benzene rings is 1. The summed E-state index contributed by atoms with van der Waals surface area (Å²) < 4.78 is 1.97. The molecule has 1 aromatic heterocycles. The molecule has 2 unspecified atom stereocenters. The van der Waals surface area contributed by atoms with E-state index in [9.17, 15) is 9.59 Å². The number of nitrogens with zero attached hydrogens (tertiary/aromatic N) is 3. The smallest absolute Gasteiger partial charge is 0.226 e. The number of carbonyl (C=O) groups excluding carboxylic acids is 2. The van der Waals surface area contributed by atoms with E-state index in [0.717, 1.165) is 30.3 Å². The maximum atomic E-state index is 13.2. The Balaban J connectivity index is 1.21.